The molecule has 1 fully saturated rings. The summed E-state index contributed by atoms with van der Waals surface area (Å²) >= 11 is 0. The zero-order chi connectivity index (χ0) is 10.9. The van der Waals surface area contributed by atoms with Crippen molar-refractivity contribution in [3.63, 3.8) is 0 Å². The molecule has 0 unspecified atom stereocenters. The van der Waals surface area contributed by atoms with Gasteiger partial charge >= 0.3 is 0 Å². The van der Waals surface area contributed by atoms with Crippen molar-refractivity contribution in [2.75, 3.05) is 0 Å². The average Bonchev–Trinajstić information content (AvgIpc) is 2.83. The molecule has 1 saturated carbocycles. The Hall–Kier alpha value is -1.23. The van der Waals surface area contributed by atoms with Crippen molar-refractivity contribution in [2.24, 2.45) is 23.2 Å². The summed E-state index contributed by atoms with van der Waals surface area (Å²) in [5.41, 5.74) is 11.0. The predicted octanol–water partition coefficient (Wildman–Crippen LogP) is -0.364. The van der Waals surface area contributed by atoms with Crippen LogP contribution in [0.2, 0.25) is 0 Å². The van der Waals surface area contributed by atoms with Gasteiger partial charge in [0.05, 0.1) is 0 Å². The maximum absolute atomic E-state index is 11.1. The number of hydrogen-bond donors (Lipinski definition) is 3. The Morgan fingerprint density at radius 1 is 1.43 bits per heavy atom. The highest BCUT2D eigenvalue weighted by Gasteiger charge is 2.52. The maximum atomic E-state index is 11.1. The van der Waals surface area contributed by atoms with E-state index in [4.69, 9.17) is 17.3 Å². The van der Waals surface area contributed by atoms with Crippen LogP contribution in [0.15, 0.2) is 11.9 Å². The number of carbonyl (C=O) groups excluding carboxylic acids is 1. The summed E-state index contributed by atoms with van der Waals surface area (Å²) in [7, 11) is 0. The molecule has 5 heteroatoms. The van der Waals surface area contributed by atoms with Gasteiger partial charge in [0.1, 0.15) is 5.54 Å². The minimum atomic E-state index is -0.681. The van der Waals surface area contributed by atoms with Crippen molar-refractivity contribution >= 4 is 5.91 Å². The summed E-state index contributed by atoms with van der Waals surface area (Å²) in [6, 6.07) is 0. The van der Waals surface area contributed by atoms with E-state index < -0.39 is 5.54 Å². The minimum Gasteiger partial charge on any atom is -0.401 e. The molecule has 1 aliphatic rings. The number of allylic oxidation sites excluding steroid dienone is 1. The number of carbonyl (C=O) groups is 1. The molecule has 80 valence electrons. The first-order chi connectivity index (χ1) is 6.40. The second kappa shape index (κ2) is 3.49. The van der Waals surface area contributed by atoms with Gasteiger partial charge in [-0.3, -0.25) is 4.79 Å². The maximum Gasteiger partial charge on any atom is 0.244 e. The second-order valence-electron chi connectivity index (χ2n) is 4.09. The summed E-state index contributed by atoms with van der Waals surface area (Å²) in [5, 5.41) is 1.35. The topological polar surface area (TPSA) is 98.4 Å². The lowest BCUT2D eigenvalue weighted by atomic mass is 10.1. The van der Waals surface area contributed by atoms with Crippen LogP contribution in [-0.4, -0.2) is 16.5 Å². The lowest BCUT2D eigenvalue weighted by Gasteiger charge is -2.24. The van der Waals surface area contributed by atoms with Crippen molar-refractivity contribution < 1.29 is 4.79 Å². The number of hydrazine groups is 1. The van der Waals surface area contributed by atoms with Gasteiger partial charge in [0, 0.05) is 11.9 Å². The largest absolute Gasteiger partial charge is 0.401 e. The normalized spacial score (nSPS) is 19.6. The Morgan fingerprint density at radius 3 is 2.21 bits per heavy atom. The summed E-state index contributed by atoms with van der Waals surface area (Å²) < 4.78 is 0. The Kier molecular flexibility index (Phi) is 2.71. The van der Waals surface area contributed by atoms with E-state index in [-0.39, 0.29) is 11.8 Å². The molecule has 0 atom stereocenters. The molecule has 1 aliphatic carbocycles. The Morgan fingerprint density at radius 2 is 1.93 bits per heavy atom. The van der Waals surface area contributed by atoms with Crippen molar-refractivity contribution in [1.29, 1.82) is 0 Å². The van der Waals surface area contributed by atoms with E-state index in [1.165, 1.54) is 5.01 Å². The van der Waals surface area contributed by atoms with Crippen LogP contribution in [0.1, 0.15) is 26.7 Å². The Bertz CT molecular complexity index is 268. The first kappa shape index (κ1) is 10.8. The second-order valence-corrected chi connectivity index (χ2v) is 4.09. The molecular formula is C9H18N4O. The van der Waals surface area contributed by atoms with Crippen LogP contribution in [0, 0.1) is 5.92 Å². The zero-order valence-electron chi connectivity index (χ0n) is 8.66. The molecule has 0 aliphatic heterocycles. The molecule has 1 rings (SSSR count). The lowest BCUT2D eigenvalue weighted by molar-refractivity contribution is -0.123. The fraction of sp³-hybridized carbons (Fsp3) is 0.667. The molecule has 0 saturated heterocycles. The third kappa shape index (κ3) is 1.82. The number of amides is 1. The molecule has 0 radical (unpaired) electrons. The summed E-state index contributed by atoms with van der Waals surface area (Å²) in [6.45, 7) is 3.92. The fourth-order valence-corrected chi connectivity index (χ4v) is 1.18. The van der Waals surface area contributed by atoms with Gasteiger partial charge in [-0.25, -0.2) is 5.84 Å². The van der Waals surface area contributed by atoms with Crippen molar-refractivity contribution in [2.45, 2.75) is 32.2 Å². The van der Waals surface area contributed by atoms with Crippen LogP contribution in [0.25, 0.3) is 0 Å². The quantitative estimate of drug-likeness (QED) is 0.424. The van der Waals surface area contributed by atoms with E-state index in [9.17, 15) is 4.79 Å². The van der Waals surface area contributed by atoms with Gasteiger partial charge in [0.25, 0.3) is 0 Å². The number of hydrogen-bond acceptors (Lipinski definition) is 4. The van der Waals surface area contributed by atoms with Gasteiger partial charge in [-0.15, -0.1) is 0 Å². The standard InChI is InChI=1S/C9H18N4O/c1-6(2)7(10)5-13(12)9(3-4-9)8(11)14/h5-6H,3-4,10,12H2,1-2H3,(H2,11,14)/b7-5-. The summed E-state index contributed by atoms with van der Waals surface area (Å²) in [6.07, 6.45) is 3.02. The van der Waals surface area contributed by atoms with E-state index in [1.54, 1.807) is 6.20 Å². The number of nitrogens with two attached hydrogens (primary N) is 3. The summed E-state index contributed by atoms with van der Waals surface area (Å²) in [4.78, 5) is 11.1. The van der Waals surface area contributed by atoms with E-state index >= 15 is 0 Å². The molecule has 14 heavy (non-hydrogen) atoms. The molecule has 5 nitrogen and oxygen atoms in total. The molecule has 0 bridgehead atoms. The van der Waals surface area contributed by atoms with Crippen LogP contribution in [0.5, 0.6) is 0 Å². The van der Waals surface area contributed by atoms with Crippen LogP contribution in [-0.2, 0) is 4.79 Å². The number of primary amides is 1. The fourth-order valence-electron chi connectivity index (χ4n) is 1.18. The van der Waals surface area contributed by atoms with Crippen LogP contribution >= 0.6 is 0 Å². The van der Waals surface area contributed by atoms with E-state index in [0.717, 1.165) is 0 Å². The van der Waals surface area contributed by atoms with Crippen LogP contribution in [0.4, 0.5) is 0 Å². The average molecular weight is 198 g/mol. The summed E-state index contributed by atoms with van der Waals surface area (Å²) in [5.74, 6) is 5.56. The van der Waals surface area contributed by atoms with Gasteiger partial charge in [0.15, 0.2) is 0 Å². The van der Waals surface area contributed by atoms with Crippen LogP contribution in [0.3, 0.4) is 0 Å². The minimum absolute atomic E-state index is 0.213. The molecule has 0 heterocycles. The first-order valence-corrected chi connectivity index (χ1v) is 4.71. The highest BCUT2D eigenvalue weighted by Crippen LogP contribution is 2.40. The molecule has 0 aromatic rings. The highest BCUT2D eigenvalue weighted by atomic mass is 16.2. The first-order valence-electron chi connectivity index (χ1n) is 4.71. The van der Waals surface area contributed by atoms with Crippen LogP contribution < -0.4 is 17.3 Å². The number of rotatable bonds is 4. The SMILES string of the molecule is CC(C)/C(N)=C/N(N)C1(C(N)=O)CC1. The molecule has 1 amide bonds. The monoisotopic (exact) mass is 198 g/mol. The molecule has 6 N–H and O–H groups in total. The third-order valence-corrected chi connectivity index (χ3v) is 2.63. The van der Waals surface area contributed by atoms with Gasteiger partial charge in [0.2, 0.25) is 5.91 Å². The zero-order valence-corrected chi connectivity index (χ0v) is 8.66. The van der Waals surface area contributed by atoms with Gasteiger partial charge in [-0.2, -0.15) is 0 Å². The van der Waals surface area contributed by atoms with Crippen molar-refractivity contribution in [3.05, 3.63) is 11.9 Å². The molecule has 0 aromatic carbocycles. The lowest BCUT2D eigenvalue weighted by Crippen LogP contribution is -2.48. The van der Waals surface area contributed by atoms with Gasteiger partial charge < -0.3 is 16.5 Å². The molecule has 0 aromatic heterocycles. The van der Waals surface area contributed by atoms with Crippen molar-refractivity contribution in [1.82, 2.24) is 5.01 Å². The smallest absolute Gasteiger partial charge is 0.244 e. The highest BCUT2D eigenvalue weighted by molar-refractivity contribution is 5.87. The predicted molar refractivity (Wildman–Crippen MR) is 54.3 cm³/mol. The van der Waals surface area contributed by atoms with E-state index in [1.807, 2.05) is 13.8 Å². The Balaban J connectivity index is 2.72. The number of nitrogens with zero attached hydrogens (tertiary/aromatic N) is 1. The van der Waals surface area contributed by atoms with Gasteiger partial charge in [-0.1, -0.05) is 13.8 Å². The molecular weight excluding hydrogens is 180 g/mol. The molecule has 0 spiro atoms. The van der Waals surface area contributed by atoms with E-state index in [0.29, 0.717) is 18.5 Å². The van der Waals surface area contributed by atoms with E-state index in [2.05, 4.69) is 0 Å². The third-order valence-electron chi connectivity index (χ3n) is 2.63. The van der Waals surface area contributed by atoms with Crippen molar-refractivity contribution in [3.8, 4) is 0 Å². The Labute approximate surface area is 83.9 Å². The van der Waals surface area contributed by atoms with Gasteiger partial charge in [-0.05, 0) is 18.8 Å².